The topological polar surface area (TPSA) is 53.0 Å². The van der Waals surface area contributed by atoms with Gasteiger partial charge < -0.3 is 10.6 Å². The van der Waals surface area contributed by atoms with E-state index in [1.54, 1.807) is 0 Å². The Morgan fingerprint density at radius 1 is 1.35 bits per heavy atom. The van der Waals surface area contributed by atoms with Gasteiger partial charge in [-0.1, -0.05) is 30.3 Å². The van der Waals surface area contributed by atoms with Crippen LogP contribution in [0.15, 0.2) is 36.4 Å². The molecule has 0 saturated heterocycles. The van der Waals surface area contributed by atoms with Gasteiger partial charge in [0.05, 0.1) is 10.7 Å². The fraction of sp³-hybridized carbons (Fsp3) is 0.154. The van der Waals surface area contributed by atoms with Crippen LogP contribution in [0, 0.1) is 11.3 Å². The number of anilines is 2. The maximum Gasteiger partial charge on any atom is 0.129 e. The summed E-state index contributed by atoms with van der Waals surface area (Å²) in [5.41, 5.74) is 7.54. The molecule has 4 heteroatoms. The van der Waals surface area contributed by atoms with E-state index in [4.69, 9.17) is 11.0 Å². The van der Waals surface area contributed by atoms with Gasteiger partial charge in [0.25, 0.3) is 0 Å². The van der Waals surface area contributed by atoms with Crippen molar-refractivity contribution in [2.45, 2.75) is 6.54 Å². The van der Waals surface area contributed by atoms with Crippen molar-refractivity contribution in [1.82, 2.24) is 0 Å². The molecule has 1 heterocycles. The van der Waals surface area contributed by atoms with E-state index in [1.807, 2.05) is 31.3 Å². The van der Waals surface area contributed by atoms with Gasteiger partial charge in [-0.3, -0.25) is 0 Å². The average molecular weight is 243 g/mol. The van der Waals surface area contributed by atoms with Crippen LogP contribution < -0.4 is 10.6 Å². The summed E-state index contributed by atoms with van der Waals surface area (Å²) in [5.74, 6) is 0. The Bertz CT molecular complexity index is 540. The van der Waals surface area contributed by atoms with Crippen molar-refractivity contribution in [3.8, 4) is 6.07 Å². The molecule has 2 rings (SSSR count). The Morgan fingerprint density at radius 3 is 2.65 bits per heavy atom. The van der Waals surface area contributed by atoms with Crippen LogP contribution in [-0.4, -0.2) is 7.05 Å². The molecule has 0 spiro atoms. The van der Waals surface area contributed by atoms with Crippen molar-refractivity contribution in [2.24, 2.45) is 0 Å². The van der Waals surface area contributed by atoms with Crippen molar-refractivity contribution in [3.63, 3.8) is 0 Å². The molecule has 0 saturated carbocycles. The Labute approximate surface area is 105 Å². The third kappa shape index (κ3) is 2.58. The van der Waals surface area contributed by atoms with Crippen molar-refractivity contribution in [2.75, 3.05) is 17.7 Å². The summed E-state index contributed by atoms with van der Waals surface area (Å²) in [6.07, 6.45) is 0. The van der Waals surface area contributed by atoms with Crippen molar-refractivity contribution >= 4 is 22.0 Å². The highest BCUT2D eigenvalue weighted by Crippen LogP contribution is 2.31. The number of hydrogen-bond donors (Lipinski definition) is 1. The summed E-state index contributed by atoms with van der Waals surface area (Å²) in [4.78, 5) is 2.68. The molecule has 2 aromatic rings. The summed E-state index contributed by atoms with van der Waals surface area (Å²) >= 11 is 1.43. The number of nitrogen functional groups attached to an aromatic ring is 1. The Hall–Kier alpha value is -1.99. The summed E-state index contributed by atoms with van der Waals surface area (Å²) < 4.78 is 0. The first-order valence-electron chi connectivity index (χ1n) is 5.25. The maximum absolute atomic E-state index is 8.87. The van der Waals surface area contributed by atoms with Crippen LogP contribution in [-0.2, 0) is 6.54 Å². The van der Waals surface area contributed by atoms with E-state index < -0.39 is 0 Å². The smallest absolute Gasteiger partial charge is 0.129 e. The molecule has 0 aliphatic heterocycles. The first-order valence-corrected chi connectivity index (χ1v) is 6.07. The first-order chi connectivity index (χ1) is 8.20. The number of nitrogens with two attached hydrogens (primary N) is 1. The summed E-state index contributed by atoms with van der Waals surface area (Å²) in [6.45, 7) is 0.811. The van der Waals surface area contributed by atoms with Crippen LogP contribution in [0.5, 0.6) is 0 Å². The SMILES string of the molecule is CN(Cc1ccccc1)c1cc(N)c(C#N)s1. The molecule has 86 valence electrons. The summed E-state index contributed by atoms with van der Waals surface area (Å²) in [7, 11) is 2.00. The molecule has 0 atom stereocenters. The normalized spacial score (nSPS) is 9.88. The molecular weight excluding hydrogens is 230 g/mol. The highest BCUT2D eigenvalue weighted by Gasteiger charge is 2.09. The molecule has 1 aromatic carbocycles. The van der Waals surface area contributed by atoms with Crippen LogP contribution in [0.3, 0.4) is 0 Å². The van der Waals surface area contributed by atoms with E-state index in [2.05, 4.69) is 23.1 Å². The van der Waals surface area contributed by atoms with Crippen LogP contribution in [0.25, 0.3) is 0 Å². The highest BCUT2D eigenvalue weighted by atomic mass is 32.1. The number of nitrogens with zero attached hydrogens (tertiary/aromatic N) is 2. The van der Waals surface area contributed by atoms with E-state index in [-0.39, 0.29) is 0 Å². The zero-order valence-electron chi connectivity index (χ0n) is 9.55. The van der Waals surface area contributed by atoms with Crippen LogP contribution in [0.2, 0.25) is 0 Å². The second kappa shape index (κ2) is 4.89. The van der Waals surface area contributed by atoms with Crippen molar-refractivity contribution < 1.29 is 0 Å². The predicted octanol–water partition coefficient (Wildman–Crippen LogP) is 2.84. The lowest BCUT2D eigenvalue weighted by atomic mass is 10.2. The van der Waals surface area contributed by atoms with Gasteiger partial charge in [-0.2, -0.15) is 5.26 Å². The Morgan fingerprint density at radius 2 is 2.06 bits per heavy atom. The quantitative estimate of drug-likeness (QED) is 0.901. The van der Waals surface area contributed by atoms with E-state index in [0.717, 1.165) is 11.5 Å². The van der Waals surface area contributed by atoms with Gasteiger partial charge in [0.15, 0.2) is 0 Å². The highest BCUT2D eigenvalue weighted by molar-refractivity contribution is 7.17. The molecule has 0 bridgehead atoms. The zero-order chi connectivity index (χ0) is 12.3. The fourth-order valence-electron chi connectivity index (χ4n) is 1.60. The number of rotatable bonds is 3. The number of hydrogen-bond acceptors (Lipinski definition) is 4. The average Bonchev–Trinajstić information content (AvgIpc) is 2.72. The third-order valence-electron chi connectivity index (χ3n) is 2.49. The molecule has 0 fully saturated rings. The van der Waals surface area contributed by atoms with Crippen molar-refractivity contribution in [3.05, 3.63) is 46.8 Å². The molecule has 2 N–H and O–H groups in total. The van der Waals surface area contributed by atoms with Gasteiger partial charge in [-0.05, 0) is 11.6 Å². The molecule has 0 aliphatic carbocycles. The molecule has 0 radical (unpaired) electrons. The third-order valence-corrected chi connectivity index (χ3v) is 3.66. The molecule has 1 aromatic heterocycles. The van der Waals surface area contributed by atoms with Crippen LogP contribution >= 0.6 is 11.3 Å². The van der Waals surface area contributed by atoms with Crippen LogP contribution in [0.4, 0.5) is 10.7 Å². The van der Waals surface area contributed by atoms with Gasteiger partial charge in [-0.25, -0.2) is 0 Å². The number of benzene rings is 1. The molecule has 3 nitrogen and oxygen atoms in total. The van der Waals surface area contributed by atoms with E-state index in [0.29, 0.717) is 10.6 Å². The minimum Gasteiger partial charge on any atom is -0.397 e. The lowest BCUT2D eigenvalue weighted by Gasteiger charge is -2.16. The second-order valence-electron chi connectivity index (χ2n) is 3.82. The van der Waals surface area contributed by atoms with Gasteiger partial charge in [0, 0.05) is 13.6 Å². The number of nitriles is 1. The fourth-order valence-corrected chi connectivity index (χ4v) is 2.44. The lowest BCUT2D eigenvalue weighted by molar-refractivity contribution is 0.935. The van der Waals surface area contributed by atoms with E-state index in [9.17, 15) is 0 Å². The minimum atomic E-state index is 0.562. The largest absolute Gasteiger partial charge is 0.397 e. The molecule has 0 unspecified atom stereocenters. The van der Waals surface area contributed by atoms with Gasteiger partial charge in [0.1, 0.15) is 10.9 Å². The standard InChI is InChI=1S/C13H13N3S/c1-16(9-10-5-3-2-4-6-10)13-7-11(15)12(8-14)17-13/h2-7H,9,15H2,1H3. The monoisotopic (exact) mass is 243 g/mol. The summed E-state index contributed by atoms with van der Waals surface area (Å²) in [6, 6.07) is 14.2. The van der Waals surface area contributed by atoms with Crippen LogP contribution in [0.1, 0.15) is 10.4 Å². The number of thiophene rings is 1. The Balaban J connectivity index is 2.15. The Kier molecular flexibility index (Phi) is 3.31. The maximum atomic E-state index is 8.87. The van der Waals surface area contributed by atoms with Gasteiger partial charge >= 0.3 is 0 Å². The van der Waals surface area contributed by atoms with E-state index >= 15 is 0 Å². The van der Waals surface area contributed by atoms with Crippen molar-refractivity contribution in [1.29, 1.82) is 5.26 Å². The second-order valence-corrected chi connectivity index (χ2v) is 4.85. The summed E-state index contributed by atoms with van der Waals surface area (Å²) in [5, 5.41) is 9.88. The molecular formula is C13H13N3S. The molecule has 0 aliphatic rings. The predicted molar refractivity (Wildman–Crippen MR) is 72.0 cm³/mol. The first kappa shape index (κ1) is 11.5. The zero-order valence-corrected chi connectivity index (χ0v) is 10.4. The lowest BCUT2D eigenvalue weighted by Crippen LogP contribution is -2.14. The van der Waals surface area contributed by atoms with Gasteiger partial charge in [-0.15, -0.1) is 11.3 Å². The molecule has 0 amide bonds. The van der Waals surface area contributed by atoms with Gasteiger partial charge in [0.2, 0.25) is 0 Å². The van der Waals surface area contributed by atoms with E-state index in [1.165, 1.54) is 16.9 Å². The minimum absolute atomic E-state index is 0.562. The molecule has 17 heavy (non-hydrogen) atoms.